The normalized spacial score (nSPS) is 15.9. The van der Waals surface area contributed by atoms with Crippen molar-refractivity contribution in [1.29, 1.82) is 0 Å². The van der Waals surface area contributed by atoms with E-state index in [4.69, 9.17) is 5.73 Å². The van der Waals surface area contributed by atoms with E-state index in [9.17, 15) is 9.18 Å². The molecule has 2 heterocycles. The highest BCUT2D eigenvalue weighted by atomic mass is 19.1. The van der Waals surface area contributed by atoms with Crippen molar-refractivity contribution < 1.29 is 9.18 Å². The monoisotopic (exact) mass is 253 g/mol. The number of aromatic nitrogens is 2. The van der Waals surface area contributed by atoms with Gasteiger partial charge in [0.15, 0.2) is 5.82 Å². The molecule has 0 atom stereocenters. The van der Waals surface area contributed by atoms with Crippen LogP contribution in [0.4, 0.5) is 10.3 Å². The molecule has 7 heteroatoms. The molecule has 2 N–H and O–H groups in total. The zero-order valence-corrected chi connectivity index (χ0v) is 10.0. The Morgan fingerprint density at radius 2 is 1.89 bits per heavy atom. The molecule has 18 heavy (non-hydrogen) atoms. The number of halogens is 1. The molecule has 0 aromatic carbocycles. The second-order valence-electron chi connectivity index (χ2n) is 4.11. The van der Waals surface area contributed by atoms with Crippen LogP contribution in [0, 0.1) is 5.82 Å². The summed E-state index contributed by atoms with van der Waals surface area (Å²) < 4.78 is 12.7. The molecular weight excluding hydrogens is 237 g/mol. The molecule has 1 aliphatic heterocycles. The van der Waals surface area contributed by atoms with Crippen molar-refractivity contribution in [2.24, 2.45) is 5.73 Å². The molecule has 0 saturated carbocycles. The molecule has 0 radical (unpaired) electrons. The maximum Gasteiger partial charge on any atom is 0.225 e. The van der Waals surface area contributed by atoms with Gasteiger partial charge in [-0.3, -0.25) is 4.79 Å². The van der Waals surface area contributed by atoms with E-state index in [1.807, 2.05) is 4.90 Å². The third-order valence-corrected chi connectivity index (χ3v) is 2.88. The Balaban J connectivity index is 1.90. The summed E-state index contributed by atoms with van der Waals surface area (Å²) in [6.45, 7) is 2.93. The third kappa shape index (κ3) is 2.92. The Kier molecular flexibility index (Phi) is 4.03. The maximum absolute atomic E-state index is 12.7. The van der Waals surface area contributed by atoms with Gasteiger partial charge in [0.1, 0.15) is 0 Å². The highest BCUT2D eigenvalue weighted by Gasteiger charge is 2.21. The minimum absolute atomic E-state index is 0.0807. The zero-order valence-electron chi connectivity index (χ0n) is 10.0. The summed E-state index contributed by atoms with van der Waals surface area (Å²) in [4.78, 5) is 23.2. The van der Waals surface area contributed by atoms with Gasteiger partial charge in [-0.15, -0.1) is 0 Å². The van der Waals surface area contributed by atoms with Crippen molar-refractivity contribution in [2.75, 3.05) is 37.6 Å². The first-order valence-electron chi connectivity index (χ1n) is 5.91. The minimum atomic E-state index is -0.449. The lowest BCUT2D eigenvalue weighted by Gasteiger charge is -2.34. The van der Waals surface area contributed by atoms with Crippen molar-refractivity contribution in [3.63, 3.8) is 0 Å². The molecular formula is C11H16FN5O. The predicted octanol–water partition coefficient (Wildman–Crippen LogP) is -0.387. The van der Waals surface area contributed by atoms with Gasteiger partial charge in [-0.2, -0.15) is 0 Å². The molecule has 0 spiro atoms. The van der Waals surface area contributed by atoms with Crippen molar-refractivity contribution in [3.8, 4) is 0 Å². The number of carbonyl (C=O) groups excluding carboxylic acids is 1. The van der Waals surface area contributed by atoms with E-state index in [0.29, 0.717) is 45.1 Å². The Morgan fingerprint density at radius 3 is 2.44 bits per heavy atom. The van der Waals surface area contributed by atoms with Crippen molar-refractivity contribution in [3.05, 3.63) is 18.2 Å². The van der Waals surface area contributed by atoms with E-state index >= 15 is 0 Å². The second-order valence-corrected chi connectivity index (χ2v) is 4.11. The van der Waals surface area contributed by atoms with E-state index in [-0.39, 0.29) is 5.91 Å². The van der Waals surface area contributed by atoms with Crippen LogP contribution in [0.5, 0.6) is 0 Å². The van der Waals surface area contributed by atoms with E-state index < -0.39 is 5.82 Å². The zero-order chi connectivity index (χ0) is 13.0. The highest BCUT2D eigenvalue weighted by Crippen LogP contribution is 2.11. The molecule has 0 bridgehead atoms. The fraction of sp³-hybridized carbons (Fsp3) is 0.545. The second kappa shape index (κ2) is 5.72. The first kappa shape index (κ1) is 12.7. The number of anilines is 1. The number of hydrogen-bond donors (Lipinski definition) is 1. The summed E-state index contributed by atoms with van der Waals surface area (Å²) in [6.07, 6.45) is 2.68. The molecule has 1 saturated heterocycles. The number of piperazine rings is 1. The van der Waals surface area contributed by atoms with Crippen LogP contribution in [0.25, 0.3) is 0 Å². The molecule has 1 aliphatic rings. The van der Waals surface area contributed by atoms with Gasteiger partial charge < -0.3 is 15.5 Å². The van der Waals surface area contributed by atoms with Crippen LogP contribution in [0.1, 0.15) is 6.42 Å². The van der Waals surface area contributed by atoms with Crippen LogP contribution in [0.15, 0.2) is 12.4 Å². The number of nitrogens with two attached hydrogens (primary N) is 1. The van der Waals surface area contributed by atoms with Crippen molar-refractivity contribution >= 4 is 11.9 Å². The fourth-order valence-electron chi connectivity index (χ4n) is 1.91. The predicted molar refractivity (Wildman–Crippen MR) is 64.5 cm³/mol. The van der Waals surface area contributed by atoms with Gasteiger partial charge >= 0.3 is 0 Å². The van der Waals surface area contributed by atoms with Gasteiger partial charge in [0.05, 0.1) is 12.4 Å². The molecule has 2 rings (SSSR count). The van der Waals surface area contributed by atoms with Crippen molar-refractivity contribution in [1.82, 2.24) is 14.9 Å². The number of carbonyl (C=O) groups is 1. The fourth-order valence-corrected chi connectivity index (χ4v) is 1.91. The largest absolute Gasteiger partial charge is 0.339 e. The summed E-state index contributed by atoms with van der Waals surface area (Å²) in [5.41, 5.74) is 5.36. The van der Waals surface area contributed by atoms with Crippen LogP contribution in [-0.4, -0.2) is 53.5 Å². The average Bonchev–Trinajstić information content (AvgIpc) is 2.40. The van der Waals surface area contributed by atoms with Crippen LogP contribution < -0.4 is 10.6 Å². The van der Waals surface area contributed by atoms with Crippen LogP contribution in [-0.2, 0) is 4.79 Å². The molecule has 1 amide bonds. The summed E-state index contributed by atoms with van der Waals surface area (Å²) in [6, 6.07) is 0. The Hall–Kier alpha value is -1.76. The summed E-state index contributed by atoms with van der Waals surface area (Å²) >= 11 is 0. The maximum atomic E-state index is 12.7. The number of nitrogens with zero attached hydrogens (tertiary/aromatic N) is 4. The van der Waals surface area contributed by atoms with Gasteiger partial charge in [0, 0.05) is 39.1 Å². The third-order valence-electron chi connectivity index (χ3n) is 2.88. The van der Waals surface area contributed by atoms with Crippen LogP contribution >= 0.6 is 0 Å². The highest BCUT2D eigenvalue weighted by molar-refractivity contribution is 5.76. The average molecular weight is 253 g/mol. The minimum Gasteiger partial charge on any atom is -0.339 e. The van der Waals surface area contributed by atoms with Gasteiger partial charge in [0.25, 0.3) is 0 Å². The molecule has 0 unspecified atom stereocenters. The van der Waals surface area contributed by atoms with E-state index in [1.165, 1.54) is 0 Å². The standard InChI is InChI=1S/C11H16FN5O/c12-9-7-14-11(15-8-9)17-5-3-16(4-6-17)10(18)1-2-13/h7-8H,1-6,13H2. The Morgan fingerprint density at radius 1 is 1.28 bits per heavy atom. The molecule has 1 aromatic rings. The number of hydrogen-bond acceptors (Lipinski definition) is 5. The number of amides is 1. The summed E-state index contributed by atoms with van der Waals surface area (Å²) in [5, 5.41) is 0. The SMILES string of the molecule is NCCC(=O)N1CCN(c2ncc(F)cn2)CC1. The van der Waals surface area contributed by atoms with Gasteiger partial charge in [0.2, 0.25) is 11.9 Å². The van der Waals surface area contributed by atoms with Crippen LogP contribution in [0.3, 0.4) is 0 Å². The van der Waals surface area contributed by atoms with E-state index in [1.54, 1.807) is 4.90 Å². The van der Waals surface area contributed by atoms with Gasteiger partial charge in [-0.1, -0.05) is 0 Å². The smallest absolute Gasteiger partial charge is 0.225 e. The lowest BCUT2D eigenvalue weighted by atomic mass is 10.3. The van der Waals surface area contributed by atoms with Crippen LogP contribution in [0.2, 0.25) is 0 Å². The number of rotatable bonds is 3. The lowest BCUT2D eigenvalue weighted by Crippen LogP contribution is -2.49. The summed E-state index contributed by atoms with van der Waals surface area (Å²) in [5.74, 6) is 0.134. The molecule has 98 valence electrons. The molecule has 1 fully saturated rings. The van der Waals surface area contributed by atoms with E-state index in [2.05, 4.69) is 9.97 Å². The van der Waals surface area contributed by atoms with Gasteiger partial charge in [-0.05, 0) is 0 Å². The van der Waals surface area contributed by atoms with E-state index in [0.717, 1.165) is 12.4 Å². The summed E-state index contributed by atoms with van der Waals surface area (Å²) in [7, 11) is 0. The topological polar surface area (TPSA) is 75.4 Å². The first-order valence-corrected chi connectivity index (χ1v) is 5.91. The Labute approximate surface area is 105 Å². The van der Waals surface area contributed by atoms with Crippen molar-refractivity contribution in [2.45, 2.75) is 6.42 Å². The lowest BCUT2D eigenvalue weighted by molar-refractivity contribution is -0.131. The quantitative estimate of drug-likeness (QED) is 0.794. The molecule has 0 aliphatic carbocycles. The Bertz CT molecular complexity index is 402. The molecule has 6 nitrogen and oxygen atoms in total. The van der Waals surface area contributed by atoms with Gasteiger partial charge in [-0.25, -0.2) is 14.4 Å². The molecule has 1 aromatic heterocycles. The first-order chi connectivity index (χ1) is 8.70.